The number of hydrogen-bond donors (Lipinski definition) is 0. The van der Waals surface area contributed by atoms with E-state index in [9.17, 15) is 8.78 Å². The molecule has 0 radical (unpaired) electrons. The predicted octanol–water partition coefficient (Wildman–Crippen LogP) is 6.11. The molecule has 1 nitrogen and oxygen atoms in total. The number of rotatable bonds is 6. The molecule has 2 atom stereocenters. The van der Waals surface area contributed by atoms with Crippen LogP contribution in [0.5, 0.6) is 0 Å². The van der Waals surface area contributed by atoms with Crippen LogP contribution in [-0.2, 0) is 0 Å². The fourth-order valence-electron chi connectivity index (χ4n) is 2.13. The first-order valence-corrected chi connectivity index (χ1v) is 8.43. The lowest BCUT2D eigenvalue weighted by Gasteiger charge is -2.28. The molecule has 0 aliphatic rings. The lowest BCUT2D eigenvalue weighted by atomic mass is 10.0. The van der Waals surface area contributed by atoms with E-state index >= 15 is 0 Å². The van der Waals surface area contributed by atoms with Crippen molar-refractivity contribution in [2.24, 2.45) is 0 Å². The lowest BCUT2D eigenvalue weighted by Crippen LogP contribution is -2.13. The Bertz CT molecular complexity index is 571. The molecule has 1 heterocycles. The normalized spacial score (nSPS) is 15.4. The van der Waals surface area contributed by atoms with E-state index in [0.29, 0.717) is 26.3 Å². The molecule has 2 unspecified atom stereocenters. The van der Waals surface area contributed by atoms with Crippen molar-refractivity contribution in [2.75, 3.05) is 0 Å². The van der Waals surface area contributed by atoms with Crippen LogP contribution in [0.15, 0.2) is 54.5 Å². The third-order valence-electron chi connectivity index (χ3n) is 3.05. The summed E-state index contributed by atoms with van der Waals surface area (Å²) in [7, 11) is 0.331. The fourth-order valence-corrected chi connectivity index (χ4v) is 3.87. The second kappa shape index (κ2) is 8.33. The topological polar surface area (TPSA) is 12.9 Å². The van der Waals surface area contributed by atoms with Gasteiger partial charge in [0.15, 0.2) is 0 Å². The minimum atomic E-state index is -0.379. The van der Waals surface area contributed by atoms with Gasteiger partial charge in [0.1, 0.15) is 11.6 Å². The molecule has 0 N–H and O–H groups in total. The molecule has 0 bridgehead atoms. The van der Waals surface area contributed by atoms with Gasteiger partial charge in [-0.15, -0.1) is 8.58 Å². The summed E-state index contributed by atoms with van der Waals surface area (Å²) >= 11 is 0. The first-order chi connectivity index (χ1) is 10.3. The SMILES string of the molecule is C=C/C=C\C(F)=C(/CC)C(PC(C)(C)C)c1ncccc1F. The lowest BCUT2D eigenvalue weighted by molar-refractivity contribution is 0.591. The molecule has 120 valence electrons. The minimum Gasteiger partial charge on any atom is -0.257 e. The molecule has 1 aromatic heterocycles. The summed E-state index contributed by atoms with van der Waals surface area (Å²) in [6.45, 7) is 11.7. The van der Waals surface area contributed by atoms with Gasteiger partial charge in [-0.1, -0.05) is 46.4 Å². The zero-order valence-electron chi connectivity index (χ0n) is 13.7. The van der Waals surface area contributed by atoms with Gasteiger partial charge in [0, 0.05) is 11.9 Å². The summed E-state index contributed by atoms with van der Waals surface area (Å²) in [5, 5.41) is -0.0442. The van der Waals surface area contributed by atoms with Gasteiger partial charge in [0.2, 0.25) is 0 Å². The van der Waals surface area contributed by atoms with Crippen LogP contribution in [0.4, 0.5) is 8.78 Å². The summed E-state index contributed by atoms with van der Waals surface area (Å²) in [4.78, 5) is 4.18. The van der Waals surface area contributed by atoms with Crippen LogP contribution >= 0.6 is 8.58 Å². The largest absolute Gasteiger partial charge is 0.257 e. The molecule has 1 aromatic rings. The molecule has 0 spiro atoms. The van der Waals surface area contributed by atoms with Gasteiger partial charge < -0.3 is 0 Å². The van der Waals surface area contributed by atoms with Crippen molar-refractivity contribution in [2.45, 2.75) is 44.9 Å². The Hall–Kier alpha value is -1.34. The Labute approximate surface area is 134 Å². The number of halogens is 2. The number of nitrogens with zero attached hydrogens (tertiary/aromatic N) is 1. The highest BCUT2D eigenvalue weighted by Crippen LogP contribution is 2.50. The van der Waals surface area contributed by atoms with Crippen molar-refractivity contribution < 1.29 is 8.78 Å². The van der Waals surface area contributed by atoms with E-state index in [4.69, 9.17) is 0 Å². The smallest absolute Gasteiger partial charge is 0.145 e. The fraction of sp³-hybridized carbons (Fsp3) is 0.389. The van der Waals surface area contributed by atoms with Crippen molar-refractivity contribution >= 4 is 8.58 Å². The Morgan fingerprint density at radius 2 is 2.14 bits per heavy atom. The number of allylic oxidation sites excluding steroid dienone is 5. The summed E-state index contributed by atoms with van der Waals surface area (Å²) < 4.78 is 28.7. The number of aromatic nitrogens is 1. The van der Waals surface area contributed by atoms with Gasteiger partial charge >= 0.3 is 0 Å². The van der Waals surface area contributed by atoms with Crippen LogP contribution in [-0.4, -0.2) is 10.1 Å². The predicted molar refractivity (Wildman–Crippen MR) is 92.8 cm³/mol. The molecule has 0 aliphatic heterocycles. The van der Waals surface area contributed by atoms with E-state index in [1.54, 1.807) is 18.3 Å². The average molecular weight is 323 g/mol. The van der Waals surface area contributed by atoms with Gasteiger partial charge in [0.05, 0.1) is 5.69 Å². The van der Waals surface area contributed by atoms with Gasteiger partial charge in [-0.25, -0.2) is 8.78 Å². The number of hydrogen-bond acceptors (Lipinski definition) is 1. The highest BCUT2D eigenvalue weighted by atomic mass is 31.1. The maximum absolute atomic E-state index is 14.5. The quantitative estimate of drug-likeness (QED) is 0.454. The van der Waals surface area contributed by atoms with E-state index in [1.807, 2.05) is 6.92 Å². The summed E-state index contributed by atoms with van der Waals surface area (Å²) in [5.74, 6) is -0.704. The van der Waals surface area contributed by atoms with E-state index in [2.05, 4.69) is 32.3 Å². The monoisotopic (exact) mass is 323 g/mol. The minimum absolute atomic E-state index is 0.0442. The maximum Gasteiger partial charge on any atom is 0.145 e. The first-order valence-electron chi connectivity index (χ1n) is 7.36. The Morgan fingerprint density at radius 3 is 2.64 bits per heavy atom. The molecule has 4 heteroatoms. The zero-order chi connectivity index (χ0) is 16.8. The van der Waals surface area contributed by atoms with Crippen molar-refractivity contribution in [3.63, 3.8) is 0 Å². The van der Waals surface area contributed by atoms with Crippen LogP contribution < -0.4 is 0 Å². The standard InChI is InChI=1S/C18H24F2NP/c1-6-8-10-14(19)13(7-2)17(22-18(3,4)5)16-15(20)11-9-12-21-16/h6,8-12,17,22H,1,7H2,2-5H3/b10-8-,14-13-. The molecule has 22 heavy (non-hydrogen) atoms. The van der Waals surface area contributed by atoms with Crippen molar-refractivity contribution in [1.29, 1.82) is 0 Å². The summed E-state index contributed by atoms with van der Waals surface area (Å²) in [5.41, 5.74) is 0.569. The second-order valence-electron chi connectivity index (χ2n) is 6.02. The van der Waals surface area contributed by atoms with E-state index in [-0.39, 0.29) is 22.5 Å². The first kappa shape index (κ1) is 18.7. The molecule has 0 aliphatic carbocycles. The van der Waals surface area contributed by atoms with Crippen molar-refractivity contribution in [1.82, 2.24) is 4.98 Å². The van der Waals surface area contributed by atoms with Gasteiger partial charge in [0.25, 0.3) is 0 Å². The average Bonchev–Trinajstić information content (AvgIpc) is 2.44. The van der Waals surface area contributed by atoms with Crippen molar-refractivity contribution in [3.8, 4) is 0 Å². The van der Waals surface area contributed by atoms with Crippen molar-refractivity contribution in [3.05, 3.63) is 66.0 Å². The van der Waals surface area contributed by atoms with Crippen LogP contribution in [0.25, 0.3) is 0 Å². The van der Waals surface area contributed by atoms with Gasteiger partial charge in [-0.2, -0.15) is 0 Å². The molecule has 0 saturated carbocycles. The Kier molecular flexibility index (Phi) is 7.09. The molecule has 0 saturated heterocycles. The van der Waals surface area contributed by atoms with Crippen LogP contribution in [0.2, 0.25) is 0 Å². The zero-order valence-corrected chi connectivity index (χ0v) is 14.7. The molecule has 0 amide bonds. The summed E-state index contributed by atoms with van der Waals surface area (Å²) in [6.07, 6.45) is 6.53. The van der Waals surface area contributed by atoms with Crippen LogP contribution in [0, 0.1) is 5.82 Å². The molecule has 0 fully saturated rings. The van der Waals surface area contributed by atoms with E-state index < -0.39 is 0 Å². The van der Waals surface area contributed by atoms with Crippen LogP contribution in [0.3, 0.4) is 0 Å². The molecule has 1 rings (SSSR count). The maximum atomic E-state index is 14.5. The highest BCUT2D eigenvalue weighted by Gasteiger charge is 2.27. The van der Waals surface area contributed by atoms with Gasteiger partial charge in [-0.3, -0.25) is 4.98 Å². The van der Waals surface area contributed by atoms with Gasteiger partial charge in [-0.05, 0) is 35.4 Å². The highest BCUT2D eigenvalue weighted by molar-refractivity contribution is 7.40. The van der Waals surface area contributed by atoms with E-state index in [0.717, 1.165) is 0 Å². The molecular formula is C18H24F2NP. The van der Waals surface area contributed by atoms with Crippen LogP contribution in [0.1, 0.15) is 45.5 Å². The third-order valence-corrected chi connectivity index (χ3v) is 4.83. The molecule has 0 aromatic carbocycles. The Morgan fingerprint density at radius 1 is 1.45 bits per heavy atom. The number of pyridine rings is 1. The summed E-state index contributed by atoms with van der Waals surface area (Å²) in [6, 6.07) is 2.94. The Balaban J connectivity index is 3.39. The second-order valence-corrected chi connectivity index (χ2v) is 8.39. The van der Waals surface area contributed by atoms with E-state index in [1.165, 1.54) is 18.2 Å². The third kappa shape index (κ3) is 5.46. The molecular weight excluding hydrogens is 299 g/mol.